The number of hydrogen-bond donors (Lipinski definition) is 4. The Morgan fingerprint density at radius 1 is 0.921 bits per heavy atom. The van der Waals surface area contributed by atoms with Crippen LogP contribution in [0.25, 0.3) is 55.7 Å². The van der Waals surface area contributed by atoms with Crippen molar-refractivity contribution in [2.75, 3.05) is 5.32 Å². The van der Waals surface area contributed by atoms with Gasteiger partial charge in [-0.05, 0) is 48.6 Å². The molecule has 1 fully saturated rings. The van der Waals surface area contributed by atoms with Crippen molar-refractivity contribution >= 4 is 39.0 Å². The number of aliphatic hydroxyl groups is 1. The molecule has 1 saturated carbocycles. The molecule has 8 nitrogen and oxygen atoms in total. The molecule has 7 rings (SSSR count). The summed E-state index contributed by atoms with van der Waals surface area (Å²) in [6.07, 6.45) is 12.4. The Morgan fingerprint density at radius 2 is 1.82 bits per heavy atom. The minimum Gasteiger partial charge on any atom is -0.374 e. The van der Waals surface area contributed by atoms with Gasteiger partial charge in [-0.2, -0.15) is 16.4 Å². The fourth-order valence-corrected chi connectivity index (χ4v) is 6.13. The smallest absolute Gasteiger partial charge is 0.155 e. The molecule has 9 heteroatoms. The Kier molecular flexibility index (Phi) is 5.87. The summed E-state index contributed by atoms with van der Waals surface area (Å²) < 4.78 is 0. The van der Waals surface area contributed by atoms with Gasteiger partial charge in [0.15, 0.2) is 5.65 Å². The second-order valence-electron chi connectivity index (χ2n) is 9.96. The first-order valence-corrected chi connectivity index (χ1v) is 13.9. The maximum absolute atomic E-state index is 10.7. The molecule has 0 spiro atoms. The van der Waals surface area contributed by atoms with Crippen LogP contribution in [0.1, 0.15) is 32.1 Å². The van der Waals surface area contributed by atoms with Gasteiger partial charge in [0.05, 0.1) is 23.3 Å². The van der Waals surface area contributed by atoms with E-state index in [1.165, 1.54) is 19.3 Å². The third-order valence-electron chi connectivity index (χ3n) is 7.50. The van der Waals surface area contributed by atoms with Crippen molar-refractivity contribution in [3.63, 3.8) is 0 Å². The van der Waals surface area contributed by atoms with E-state index in [-0.39, 0.29) is 5.92 Å². The third kappa shape index (κ3) is 4.23. The van der Waals surface area contributed by atoms with E-state index in [2.05, 4.69) is 64.4 Å². The number of fused-ring (bicyclic) bond motifs is 2. The van der Waals surface area contributed by atoms with E-state index in [0.29, 0.717) is 5.65 Å². The Hall–Kier alpha value is -4.08. The molecule has 1 atom stereocenters. The number of thiophene rings is 1. The van der Waals surface area contributed by atoms with E-state index < -0.39 is 6.23 Å². The van der Waals surface area contributed by atoms with Gasteiger partial charge in [0, 0.05) is 62.9 Å². The van der Waals surface area contributed by atoms with Gasteiger partial charge < -0.3 is 15.4 Å². The van der Waals surface area contributed by atoms with Crippen LogP contribution in [0.3, 0.4) is 0 Å². The molecule has 190 valence electrons. The zero-order valence-electron chi connectivity index (χ0n) is 20.7. The molecule has 1 unspecified atom stereocenters. The number of rotatable bonds is 6. The average molecular weight is 522 g/mol. The Bertz CT molecular complexity index is 1720. The predicted molar refractivity (Wildman–Crippen MR) is 152 cm³/mol. The highest BCUT2D eigenvalue weighted by Crippen LogP contribution is 2.35. The largest absolute Gasteiger partial charge is 0.374 e. The summed E-state index contributed by atoms with van der Waals surface area (Å²) >= 11 is 1.66. The van der Waals surface area contributed by atoms with E-state index in [1.54, 1.807) is 17.5 Å². The lowest BCUT2D eigenvalue weighted by atomic mass is 9.88. The molecule has 38 heavy (non-hydrogen) atoms. The quantitative estimate of drug-likeness (QED) is 0.184. The topological polar surface area (TPSA) is 115 Å². The molecule has 0 aliphatic heterocycles. The van der Waals surface area contributed by atoms with Crippen LogP contribution in [-0.4, -0.2) is 41.5 Å². The summed E-state index contributed by atoms with van der Waals surface area (Å²) in [5.41, 5.74) is 8.15. The van der Waals surface area contributed by atoms with Gasteiger partial charge in [-0.25, -0.2) is 4.98 Å². The molecular formula is C29H27N7OS. The van der Waals surface area contributed by atoms with Crippen molar-refractivity contribution in [2.45, 2.75) is 38.3 Å². The molecule has 4 N–H and O–H groups in total. The molecular weight excluding hydrogens is 494 g/mol. The van der Waals surface area contributed by atoms with Crippen molar-refractivity contribution in [3.8, 4) is 33.8 Å². The minimum absolute atomic E-state index is 0.283. The Labute approximate surface area is 223 Å². The number of aromatic nitrogens is 6. The summed E-state index contributed by atoms with van der Waals surface area (Å²) in [5.74, 6) is 0.283. The molecule has 1 aliphatic rings. The number of nitrogens with one attached hydrogen (secondary N) is 3. The first-order valence-electron chi connectivity index (χ1n) is 13.0. The molecule has 6 aromatic rings. The number of pyridine rings is 3. The van der Waals surface area contributed by atoms with Gasteiger partial charge >= 0.3 is 0 Å². The Balaban J connectivity index is 1.22. The maximum Gasteiger partial charge on any atom is 0.155 e. The van der Waals surface area contributed by atoms with Gasteiger partial charge in [-0.15, -0.1) is 0 Å². The van der Waals surface area contributed by atoms with Crippen LogP contribution in [0.2, 0.25) is 0 Å². The molecule has 0 bridgehead atoms. The lowest BCUT2D eigenvalue weighted by molar-refractivity contribution is 0.109. The summed E-state index contributed by atoms with van der Waals surface area (Å²) in [6.45, 7) is 0. The van der Waals surface area contributed by atoms with E-state index in [1.807, 2.05) is 30.7 Å². The van der Waals surface area contributed by atoms with E-state index >= 15 is 0 Å². The monoisotopic (exact) mass is 521 g/mol. The van der Waals surface area contributed by atoms with Crippen molar-refractivity contribution in [1.82, 2.24) is 30.1 Å². The van der Waals surface area contributed by atoms with Crippen molar-refractivity contribution in [2.24, 2.45) is 5.92 Å². The molecule has 0 radical (unpaired) electrons. The van der Waals surface area contributed by atoms with Gasteiger partial charge in [-0.3, -0.25) is 15.1 Å². The fraction of sp³-hybridized carbons (Fsp3) is 0.241. The first-order chi connectivity index (χ1) is 18.7. The van der Waals surface area contributed by atoms with Crippen LogP contribution in [0.4, 0.5) is 5.69 Å². The lowest BCUT2D eigenvalue weighted by Crippen LogP contribution is -2.30. The number of aliphatic hydroxyl groups excluding tert-OH is 1. The minimum atomic E-state index is -0.566. The summed E-state index contributed by atoms with van der Waals surface area (Å²) in [6, 6.07) is 10.3. The van der Waals surface area contributed by atoms with Crippen molar-refractivity contribution in [3.05, 3.63) is 65.9 Å². The van der Waals surface area contributed by atoms with E-state index in [4.69, 9.17) is 0 Å². The average Bonchev–Trinajstić information content (AvgIpc) is 3.73. The number of anilines is 1. The number of nitrogens with zero attached hydrogens (tertiary/aromatic N) is 4. The standard InChI is InChI=1S/C29H27N7OS/c37-29(17-4-2-1-3-5-17)33-21-10-19(13-30-15-21)20-11-23-27(35-36-28(23)32-14-20)25-12-22-24(34-25)6-8-31-26(22)18-7-9-38-16-18/h6-17,29,33-34,37H,1-5H2,(H,32,35,36). The first kappa shape index (κ1) is 23.1. The normalized spacial score (nSPS) is 15.3. The zero-order chi connectivity index (χ0) is 25.5. The SMILES string of the molecule is OC(Nc1cncc(-c2cnc3[nH]nc(-c4cc5c(-c6ccsc6)nccc5[nH]4)c3c2)c1)C1CCCCC1. The second kappa shape index (κ2) is 9.66. The van der Waals surface area contributed by atoms with Crippen LogP contribution in [0.15, 0.2) is 65.9 Å². The van der Waals surface area contributed by atoms with E-state index in [0.717, 1.165) is 68.6 Å². The highest BCUT2D eigenvalue weighted by molar-refractivity contribution is 7.08. The van der Waals surface area contributed by atoms with Gasteiger partial charge in [0.1, 0.15) is 11.9 Å². The van der Waals surface area contributed by atoms with Crippen molar-refractivity contribution in [1.29, 1.82) is 0 Å². The van der Waals surface area contributed by atoms with Crippen LogP contribution in [0.5, 0.6) is 0 Å². The zero-order valence-corrected chi connectivity index (χ0v) is 21.5. The molecule has 6 heterocycles. The molecule has 1 aliphatic carbocycles. The molecule has 6 aromatic heterocycles. The highest BCUT2D eigenvalue weighted by atomic mass is 32.1. The van der Waals surface area contributed by atoms with Crippen LogP contribution in [0, 0.1) is 5.92 Å². The van der Waals surface area contributed by atoms with Crippen LogP contribution >= 0.6 is 11.3 Å². The predicted octanol–water partition coefficient (Wildman–Crippen LogP) is 6.60. The number of H-pyrrole nitrogens is 2. The van der Waals surface area contributed by atoms with Gasteiger partial charge in [0.2, 0.25) is 0 Å². The van der Waals surface area contributed by atoms with Gasteiger partial charge in [-0.1, -0.05) is 19.3 Å². The lowest BCUT2D eigenvalue weighted by Gasteiger charge is -2.27. The molecule has 0 amide bonds. The summed E-state index contributed by atoms with van der Waals surface area (Å²) in [5, 5.41) is 27.8. The Morgan fingerprint density at radius 3 is 2.68 bits per heavy atom. The number of aromatic amines is 2. The summed E-state index contributed by atoms with van der Waals surface area (Å²) in [4.78, 5) is 17.2. The van der Waals surface area contributed by atoms with Gasteiger partial charge in [0.25, 0.3) is 0 Å². The molecule has 0 saturated heterocycles. The van der Waals surface area contributed by atoms with Crippen LogP contribution < -0.4 is 5.32 Å². The van der Waals surface area contributed by atoms with Crippen LogP contribution in [-0.2, 0) is 0 Å². The highest BCUT2D eigenvalue weighted by Gasteiger charge is 2.22. The summed E-state index contributed by atoms with van der Waals surface area (Å²) in [7, 11) is 0. The fourth-order valence-electron chi connectivity index (χ4n) is 5.49. The van der Waals surface area contributed by atoms with E-state index in [9.17, 15) is 5.11 Å². The molecule has 0 aromatic carbocycles. The maximum atomic E-state index is 10.7. The second-order valence-corrected chi connectivity index (χ2v) is 10.7. The third-order valence-corrected chi connectivity index (χ3v) is 8.18. The number of hydrogen-bond acceptors (Lipinski definition) is 7. The van der Waals surface area contributed by atoms with Crippen molar-refractivity contribution < 1.29 is 5.11 Å².